The highest BCUT2D eigenvalue weighted by Gasteiger charge is 2.31. The molecule has 2 N–H and O–H groups in total. The molecule has 2 heterocycles. The van der Waals surface area contributed by atoms with Gasteiger partial charge in [-0.1, -0.05) is 6.07 Å². The van der Waals surface area contributed by atoms with Crippen LogP contribution in [0.25, 0.3) is 0 Å². The Hall–Kier alpha value is -2.59. The van der Waals surface area contributed by atoms with Gasteiger partial charge in [0.1, 0.15) is 5.00 Å². The van der Waals surface area contributed by atoms with Crippen LogP contribution in [0.1, 0.15) is 26.4 Å². The Kier molecular flexibility index (Phi) is 5.61. The maximum absolute atomic E-state index is 12.8. The molecular weight excluding hydrogens is 395 g/mol. The van der Waals surface area contributed by atoms with Gasteiger partial charge < -0.3 is 15.0 Å². The summed E-state index contributed by atoms with van der Waals surface area (Å²) in [6.45, 7) is 1.41. The maximum atomic E-state index is 12.8. The number of halogens is 3. The molecule has 0 radical (unpaired) electrons. The molecule has 1 aromatic heterocycles. The summed E-state index contributed by atoms with van der Waals surface area (Å²) in [6, 6.07) is 3.58. The zero-order chi connectivity index (χ0) is 20.5. The fraction of sp³-hybridized carbons (Fsp3) is 0.333. The first-order valence-corrected chi connectivity index (χ1v) is 9.17. The highest BCUT2D eigenvalue weighted by Crippen LogP contribution is 2.37. The fourth-order valence-corrected chi connectivity index (χ4v) is 4.29. The number of nitrogens with zero attached hydrogens (tertiary/aromatic N) is 1. The monoisotopic (exact) mass is 413 g/mol. The van der Waals surface area contributed by atoms with Crippen molar-refractivity contribution < 1.29 is 27.5 Å². The van der Waals surface area contributed by atoms with Gasteiger partial charge in [0.05, 0.1) is 18.2 Å². The summed E-state index contributed by atoms with van der Waals surface area (Å²) in [5.41, 5.74) is 0.266. The molecule has 0 saturated carbocycles. The van der Waals surface area contributed by atoms with Gasteiger partial charge in [-0.05, 0) is 37.2 Å². The summed E-state index contributed by atoms with van der Waals surface area (Å²) in [7, 11) is 3.21. The van der Waals surface area contributed by atoms with Crippen LogP contribution in [0.2, 0.25) is 0 Å². The molecule has 3 rings (SSSR count). The van der Waals surface area contributed by atoms with Gasteiger partial charge in [0.25, 0.3) is 0 Å². The lowest BCUT2D eigenvalue weighted by molar-refractivity contribution is -0.137. The van der Waals surface area contributed by atoms with Crippen LogP contribution in [0, 0.1) is 0 Å². The molecule has 0 aliphatic carbocycles. The Morgan fingerprint density at radius 2 is 2.00 bits per heavy atom. The SMILES string of the molecule is COC(=O)c1c(NC(=O)Nc2cccc(C(F)(F)F)c2)sc2c1CCN(C)C2. The van der Waals surface area contributed by atoms with Gasteiger partial charge in [-0.2, -0.15) is 13.2 Å². The van der Waals surface area contributed by atoms with E-state index in [1.165, 1.54) is 30.6 Å². The van der Waals surface area contributed by atoms with Gasteiger partial charge in [-0.3, -0.25) is 5.32 Å². The second kappa shape index (κ2) is 7.80. The minimum atomic E-state index is -4.51. The molecule has 0 bridgehead atoms. The van der Waals surface area contributed by atoms with Crippen molar-refractivity contribution in [2.45, 2.75) is 19.1 Å². The average molecular weight is 413 g/mol. The van der Waals surface area contributed by atoms with E-state index in [1.807, 2.05) is 7.05 Å². The lowest BCUT2D eigenvalue weighted by atomic mass is 10.0. The lowest BCUT2D eigenvalue weighted by Crippen LogP contribution is -2.26. The zero-order valence-electron chi connectivity index (χ0n) is 15.1. The molecule has 1 aromatic carbocycles. The Morgan fingerprint density at radius 3 is 2.68 bits per heavy atom. The van der Waals surface area contributed by atoms with E-state index in [0.29, 0.717) is 23.5 Å². The number of carbonyl (C=O) groups excluding carboxylic acids is 2. The van der Waals surface area contributed by atoms with Crippen LogP contribution in [0.15, 0.2) is 24.3 Å². The number of carbonyl (C=O) groups is 2. The summed E-state index contributed by atoms with van der Waals surface area (Å²) in [6.07, 6.45) is -3.87. The highest BCUT2D eigenvalue weighted by molar-refractivity contribution is 7.17. The molecule has 1 aliphatic rings. The van der Waals surface area contributed by atoms with Crippen molar-refractivity contribution in [3.05, 3.63) is 45.8 Å². The Balaban J connectivity index is 1.82. The normalized spacial score (nSPS) is 14.3. The molecule has 0 unspecified atom stereocenters. The van der Waals surface area contributed by atoms with Crippen molar-refractivity contribution in [1.82, 2.24) is 4.90 Å². The number of esters is 1. The molecule has 28 heavy (non-hydrogen) atoms. The van der Waals surface area contributed by atoms with Crippen molar-refractivity contribution in [2.24, 2.45) is 0 Å². The van der Waals surface area contributed by atoms with Crippen LogP contribution < -0.4 is 10.6 Å². The minimum Gasteiger partial charge on any atom is -0.465 e. The van der Waals surface area contributed by atoms with Gasteiger partial charge in [-0.15, -0.1) is 11.3 Å². The van der Waals surface area contributed by atoms with Gasteiger partial charge in [-0.25, -0.2) is 9.59 Å². The maximum Gasteiger partial charge on any atom is 0.416 e. The second-order valence-corrected chi connectivity index (χ2v) is 7.45. The van der Waals surface area contributed by atoms with Crippen LogP contribution in [-0.4, -0.2) is 37.6 Å². The first kappa shape index (κ1) is 20.2. The van der Waals surface area contributed by atoms with Crippen LogP contribution in [0.5, 0.6) is 0 Å². The lowest BCUT2D eigenvalue weighted by Gasteiger charge is -2.22. The first-order chi connectivity index (χ1) is 13.2. The van der Waals surface area contributed by atoms with Crippen molar-refractivity contribution in [1.29, 1.82) is 0 Å². The van der Waals surface area contributed by atoms with Crippen LogP contribution in [0.3, 0.4) is 0 Å². The number of nitrogens with one attached hydrogen (secondary N) is 2. The van der Waals surface area contributed by atoms with Crippen LogP contribution in [0.4, 0.5) is 28.7 Å². The fourth-order valence-electron chi connectivity index (χ4n) is 2.98. The Bertz CT molecular complexity index is 911. The number of hydrogen-bond donors (Lipinski definition) is 2. The summed E-state index contributed by atoms with van der Waals surface area (Å²) in [4.78, 5) is 27.6. The number of rotatable bonds is 3. The molecule has 0 spiro atoms. The summed E-state index contributed by atoms with van der Waals surface area (Å²) >= 11 is 1.26. The number of anilines is 2. The van der Waals surface area contributed by atoms with E-state index in [-0.39, 0.29) is 5.69 Å². The number of hydrogen-bond acceptors (Lipinski definition) is 5. The molecule has 150 valence electrons. The second-order valence-electron chi connectivity index (χ2n) is 6.34. The van der Waals surface area contributed by atoms with E-state index in [9.17, 15) is 22.8 Å². The van der Waals surface area contributed by atoms with Crippen molar-refractivity contribution >= 4 is 34.0 Å². The summed E-state index contributed by atoms with van der Waals surface area (Å²) in [5.74, 6) is -0.559. The third kappa shape index (κ3) is 4.28. The van der Waals surface area contributed by atoms with Gasteiger partial charge in [0, 0.05) is 23.7 Å². The summed E-state index contributed by atoms with van der Waals surface area (Å²) < 4.78 is 43.3. The number of amides is 2. The Morgan fingerprint density at radius 1 is 1.25 bits per heavy atom. The van der Waals surface area contributed by atoms with E-state index in [1.54, 1.807) is 0 Å². The van der Waals surface area contributed by atoms with E-state index in [4.69, 9.17) is 4.74 Å². The number of likely N-dealkylation sites (N-methyl/N-ethyl adjacent to an activating group) is 1. The van der Waals surface area contributed by atoms with Crippen LogP contribution in [-0.2, 0) is 23.9 Å². The molecule has 10 heteroatoms. The Labute approximate surface area is 163 Å². The number of ether oxygens (including phenoxy) is 1. The molecule has 0 fully saturated rings. The van der Waals surface area contributed by atoms with E-state index in [0.717, 1.165) is 29.1 Å². The predicted octanol–water partition coefficient (Wildman–Crippen LogP) is 4.19. The molecule has 2 amide bonds. The standard InChI is InChI=1S/C18H18F3N3O3S/c1-24-7-6-12-13(9-24)28-15(14(12)16(25)27-2)23-17(26)22-11-5-3-4-10(8-11)18(19,20)21/h3-5,8H,6-7,9H2,1-2H3,(H2,22,23,26). The molecule has 0 saturated heterocycles. The quantitative estimate of drug-likeness (QED) is 0.741. The van der Waals surface area contributed by atoms with Gasteiger partial charge >= 0.3 is 18.2 Å². The zero-order valence-corrected chi connectivity index (χ0v) is 16.0. The number of benzene rings is 1. The smallest absolute Gasteiger partial charge is 0.416 e. The third-order valence-corrected chi connectivity index (χ3v) is 5.44. The third-order valence-electron chi connectivity index (χ3n) is 4.31. The number of methoxy groups -OCH3 is 1. The number of urea groups is 1. The molecule has 0 atom stereocenters. The number of thiophene rings is 1. The minimum absolute atomic E-state index is 0.00649. The first-order valence-electron chi connectivity index (χ1n) is 8.35. The predicted molar refractivity (Wildman–Crippen MR) is 99.8 cm³/mol. The number of fused-ring (bicyclic) bond motifs is 1. The molecule has 1 aliphatic heterocycles. The van der Waals surface area contributed by atoms with Crippen LogP contribution >= 0.6 is 11.3 Å². The number of alkyl halides is 3. The van der Waals surface area contributed by atoms with Crippen molar-refractivity contribution in [3.63, 3.8) is 0 Å². The average Bonchev–Trinajstić information content (AvgIpc) is 2.97. The van der Waals surface area contributed by atoms with Gasteiger partial charge in [0.15, 0.2) is 0 Å². The van der Waals surface area contributed by atoms with E-state index < -0.39 is 23.7 Å². The molecule has 2 aromatic rings. The highest BCUT2D eigenvalue weighted by atomic mass is 32.1. The van der Waals surface area contributed by atoms with Crippen molar-refractivity contribution in [2.75, 3.05) is 31.3 Å². The van der Waals surface area contributed by atoms with E-state index >= 15 is 0 Å². The molecule has 6 nitrogen and oxygen atoms in total. The summed E-state index contributed by atoms with van der Waals surface area (Å²) in [5, 5.41) is 5.26. The van der Waals surface area contributed by atoms with Gasteiger partial charge in [0.2, 0.25) is 0 Å². The van der Waals surface area contributed by atoms with Crippen molar-refractivity contribution in [3.8, 4) is 0 Å². The largest absolute Gasteiger partial charge is 0.465 e. The van der Waals surface area contributed by atoms with E-state index in [2.05, 4.69) is 15.5 Å². The molecular formula is C18H18F3N3O3S. The topological polar surface area (TPSA) is 70.7 Å².